The normalized spacial score (nSPS) is 36.7. The number of hydrogen-bond donors (Lipinski definition) is 4. The molecule has 2 aliphatic rings. The van der Waals surface area contributed by atoms with Crippen LogP contribution in [0, 0.1) is 23.2 Å². The van der Waals surface area contributed by atoms with Crippen LogP contribution in [0.3, 0.4) is 0 Å². The van der Waals surface area contributed by atoms with E-state index < -0.39 is 71.7 Å². The van der Waals surface area contributed by atoms with Crippen LogP contribution in [0.5, 0.6) is 0 Å². The Kier molecular flexibility index (Phi) is 7.57. The molecule has 0 bridgehead atoms. The molecule has 168 valence electrons. The van der Waals surface area contributed by atoms with E-state index in [0.717, 1.165) is 13.4 Å². The first-order chi connectivity index (χ1) is 14.0. The minimum absolute atomic E-state index is 0.0369. The molecule has 0 spiro atoms. The van der Waals surface area contributed by atoms with E-state index in [1.54, 1.807) is 6.92 Å². The van der Waals surface area contributed by atoms with Gasteiger partial charge in [-0.1, -0.05) is 20.1 Å². The third kappa shape index (κ3) is 4.20. The molecule has 9 nitrogen and oxygen atoms in total. The van der Waals surface area contributed by atoms with Gasteiger partial charge < -0.3 is 34.7 Å². The molecule has 4 N–H and O–H groups in total. The second-order valence-corrected chi connectivity index (χ2v) is 8.33. The van der Waals surface area contributed by atoms with Crippen LogP contribution in [0.25, 0.3) is 0 Å². The van der Waals surface area contributed by atoms with E-state index in [1.807, 2.05) is 0 Å². The summed E-state index contributed by atoms with van der Waals surface area (Å²) in [5, 5.41) is 40.6. The highest BCUT2D eigenvalue weighted by atomic mass is 16.5. The summed E-state index contributed by atoms with van der Waals surface area (Å²) in [5.74, 6) is -4.16. The van der Waals surface area contributed by atoms with Crippen molar-refractivity contribution in [2.45, 2.75) is 50.6 Å². The zero-order valence-corrected chi connectivity index (χ0v) is 17.2. The minimum Gasteiger partial charge on any atom is -0.466 e. The Morgan fingerprint density at radius 3 is 2.40 bits per heavy atom. The number of aliphatic hydroxyl groups excluding tert-OH is 4. The molecule has 0 amide bonds. The van der Waals surface area contributed by atoms with Crippen LogP contribution in [-0.4, -0.2) is 76.8 Å². The largest absolute Gasteiger partial charge is 0.466 e. The zero-order valence-electron chi connectivity index (χ0n) is 17.2. The Bertz CT molecular complexity index is 717. The highest BCUT2D eigenvalue weighted by molar-refractivity contribution is 5.90. The number of ether oxygens (including phenoxy) is 2. The van der Waals surface area contributed by atoms with Gasteiger partial charge in [0.25, 0.3) is 0 Å². The van der Waals surface area contributed by atoms with Gasteiger partial charge in [-0.2, -0.15) is 0 Å². The van der Waals surface area contributed by atoms with Crippen molar-refractivity contribution in [1.29, 1.82) is 0 Å². The van der Waals surface area contributed by atoms with Crippen molar-refractivity contribution in [2.75, 3.05) is 13.7 Å². The highest BCUT2D eigenvalue weighted by Gasteiger charge is 2.60. The number of hydrogen-bond acceptors (Lipinski definition) is 9. The number of carbonyl (C=O) groups is 3. The molecule has 8 atom stereocenters. The van der Waals surface area contributed by atoms with Crippen molar-refractivity contribution < 1.29 is 44.3 Å². The monoisotopic (exact) mass is 426 g/mol. The van der Waals surface area contributed by atoms with Crippen LogP contribution < -0.4 is 0 Å². The van der Waals surface area contributed by atoms with Crippen LogP contribution in [0.2, 0.25) is 0 Å². The second kappa shape index (κ2) is 9.38. The van der Waals surface area contributed by atoms with E-state index >= 15 is 0 Å². The van der Waals surface area contributed by atoms with Gasteiger partial charge >= 0.3 is 11.9 Å². The Labute approximate surface area is 175 Å². The van der Waals surface area contributed by atoms with Gasteiger partial charge in [-0.15, -0.1) is 0 Å². The quantitative estimate of drug-likeness (QED) is 0.240. The molecule has 0 aliphatic heterocycles. The van der Waals surface area contributed by atoms with Gasteiger partial charge in [-0.3, -0.25) is 0 Å². The number of esters is 2. The number of aliphatic hydroxyl groups is 4. The molecule has 0 unspecified atom stereocenters. The Morgan fingerprint density at radius 1 is 1.23 bits per heavy atom. The maximum absolute atomic E-state index is 12.5. The number of fused-ring (bicyclic) bond motifs is 1. The van der Waals surface area contributed by atoms with Crippen molar-refractivity contribution >= 4 is 18.2 Å². The van der Waals surface area contributed by atoms with E-state index in [4.69, 9.17) is 14.6 Å². The number of carbonyl (C=O) groups excluding carboxylic acids is 3. The SMILES string of the molecule is C=C(C(=O)OC)[C@@H]1[C@H](O)[C@@H]2[C@@H](C=O)CC[C@@H](O)[C@@]2(C)C[C@@H]1OC(=O)C(=C)[C@@H](O)CO. The third-order valence-electron chi connectivity index (χ3n) is 6.66. The summed E-state index contributed by atoms with van der Waals surface area (Å²) in [7, 11) is 1.14. The van der Waals surface area contributed by atoms with E-state index in [0.29, 0.717) is 12.8 Å². The zero-order chi connectivity index (χ0) is 22.8. The van der Waals surface area contributed by atoms with E-state index in [-0.39, 0.29) is 12.0 Å². The van der Waals surface area contributed by atoms with Gasteiger partial charge in [0.15, 0.2) is 0 Å². The summed E-state index contributed by atoms with van der Waals surface area (Å²) in [6.45, 7) is 8.08. The van der Waals surface area contributed by atoms with Crippen molar-refractivity contribution in [1.82, 2.24) is 0 Å². The van der Waals surface area contributed by atoms with E-state index in [2.05, 4.69) is 13.2 Å². The molecule has 0 aromatic rings. The van der Waals surface area contributed by atoms with Crippen LogP contribution in [0.15, 0.2) is 24.3 Å². The number of methoxy groups -OCH3 is 1. The predicted molar refractivity (Wildman–Crippen MR) is 104 cm³/mol. The first-order valence-electron chi connectivity index (χ1n) is 9.80. The average molecular weight is 426 g/mol. The summed E-state index contributed by atoms with van der Waals surface area (Å²) in [6.07, 6.45) is -3.34. The smallest absolute Gasteiger partial charge is 0.336 e. The molecule has 0 saturated heterocycles. The molecule has 9 heteroatoms. The third-order valence-corrected chi connectivity index (χ3v) is 6.66. The fourth-order valence-corrected chi connectivity index (χ4v) is 4.91. The topological polar surface area (TPSA) is 151 Å². The average Bonchev–Trinajstić information content (AvgIpc) is 2.72. The van der Waals surface area contributed by atoms with Gasteiger partial charge in [0.2, 0.25) is 0 Å². The Balaban J connectivity index is 2.45. The predicted octanol–water partition coefficient (Wildman–Crippen LogP) is -0.490. The van der Waals surface area contributed by atoms with Gasteiger partial charge in [0, 0.05) is 22.8 Å². The molecule has 0 aromatic carbocycles. The summed E-state index contributed by atoms with van der Waals surface area (Å²) < 4.78 is 10.2. The second-order valence-electron chi connectivity index (χ2n) is 8.33. The molecular formula is C21H30O9. The molecule has 2 rings (SSSR count). The lowest BCUT2D eigenvalue weighted by Crippen LogP contribution is -2.62. The first-order valence-corrected chi connectivity index (χ1v) is 9.80. The molecule has 30 heavy (non-hydrogen) atoms. The minimum atomic E-state index is -1.53. The van der Waals surface area contributed by atoms with Crippen LogP contribution >= 0.6 is 0 Å². The first kappa shape index (κ1) is 24.2. The van der Waals surface area contributed by atoms with Crippen LogP contribution in [0.4, 0.5) is 0 Å². The van der Waals surface area contributed by atoms with Crippen molar-refractivity contribution in [3.05, 3.63) is 24.3 Å². The number of aldehydes is 1. The lowest BCUT2D eigenvalue weighted by Gasteiger charge is -2.56. The van der Waals surface area contributed by atoms with Gasteiger partial charge in [0.05, 0.1) is 37.4 Å². The van der Waals surface area contributed by atoms with Crippen LogP contribution in [0.1, 0.15) is 26.2 Å². The molecule has 0 radical (unpaired) electrons. The molecule has 0 heterocycles. The summed E-state index contributed by atoms with van der Waals surface area (Å²) in [6, 6.07) is 0. The van der Waals surface area contributed by atoms with E-state index in [9.17, 15) is 29.7 Å². The van der Waals surface area contributed by atoms with Gasteiger partial charge in [-0.05, 0) is 19.3 Å². The van der Waals surface area contributed by atoms with Gasteiger partial charge in [-0.25, -0.2) is 9.59 Å². The Morgan fingerprint density at radius 2 is 1.87 bits per heavy atom. The fourth-order valence-electron chi connectivity index (χ4n) is 4.91. The highest BCUT2D eigenvalue weighted by Crippen LogP contribution is 2.55. The lowest BCUT2D eigenvalue weighted by atomic mass is 9.51. The Hall–Kier alpha value is -2.07. The van der Waals surface area contributed by atoms with Crippen molar-refractivity contribution in [2.24, 2.45) is 23.2 Å². The number of rotatable bonds is 7. The van der Waals surface area contributed by atoms with Crippen molar-refractivity contribution in [3.63, 3.8) is 0 Å². The fraction of sp³-hybridized carbons (Fsp3) is 0.667. The maximum Gasteiger partial charge on any atom is 0.336 e. The molecular weight excluding hydrogens is 396 g/mol. The molecule has 2 aliphatic carbocycles. The summed E-state index contributed by atoms with van der Waals surface area (Å²) in [4.78, 5) is 36.3. The van der Waals surface area contributed by atoms with Crippen LogP contribution in [-0.2, 0) is 23.9 Å². The summed E-state index contributed by atoms with van der Waals surface area (Å²) >= 11 is 0. The lowest BCUT2D eigenvalue weighted by molar-refractivity contribution is -0.198. The van der Waals surface area contributed by atoms with Crippen molar-refractivity contribution in [3.8, 4) is 0 Å². The summed E-state index contributed by atoms with van der Waals surface area (Å²) in [5.41, 5.74) is -1.50. The molecule has 2 fully saturated rings. The van der Waals surface area contributed by atoms with Gasteiger partial charge in [0.1, 0.15) is 18.5 Å². The standard InChI is InChI=1S/C21H30O9/c1-10(13(24)9-23)20(28)30-14-7-21(3)15(25)6-5-12(8-22)17(21)18(26)16(14)11(2)19(27)29-4/h8,12-18,23-26H,1-2,5-7,9H2,3-4H3/t12-,13+,14+,15-,16+,17+,18+,21-/m1/s1. The maximum atomic E-state index is 12.5. The molecule has 0 aromatic heterocycles. The van der Waals surface area contributed by atoms with E-state index in [1.165, 1.54) is 0 Å². The molecule has 2 saturated carbocycles.